The fourth-order valence-corrected chi connectivity index (χ4v) is 1.16. The number of hydrogen-bond donors (Lipinski definition) is 0. The summed E-state index contributed by atoms with van der Waals surface area (Å²) in [5, 5.41) is 0. The molecule has 2 rings (SSSR count). The molecule has 1 spiro atoms. The van der Waals surface area contributed by atoms with E-state index in [1.54, 1.807) is 6.92 Å². The molecule has 1 aliphatic carbocycles. The molecule has 44 valence electrons. The van der Waals surface area contributed by atoms with Crippen molar-refractivity contribution in [1.29, 1.82) is 0 Å². The maximum absolute atomic E-state index is 10.5. The monoisotopic (exact) mass is 112 g/mol. The number of hydrogen-bond acceptors (Lipinski definition) is 2. The summed E-state index contributed by atoms with van der Waals surface area (Å²) in [7, 11) is 0. The zero-order valence-electron chi connectivity index (χ0n) is 4.81. The van der Waals surface area contributed by atoms with Gasteiger partial charge in [-0.2, -0.15) is 0 Å². The third kappa shape index (κ3) is 0.388. The Morgan fingerprint density at radius 1 is 1.75 bits per heavy atom. The van der Waals surface area contributed by atoms with Crippen molar-refractivity contribution >= 4 is 5.78 Å². The van der Waals surface area contributed by atoms with E-state index in [-0.39, 0.29) is 17.5 Å². The summed E-state index contributed by atoms with van der Waals surface area (Å²) in [5.41, 5.74) is 0.0891. The molecule has 2 fully saturated rings. The van der Waals surface area contributed by atoms with Gasteiger partial charge in [0.1, 0.15) is 11.7 Å². The Labute approximate surface area is 47.8 Å². The van der Waals surface area contributed by atoms with Crippen molar-refractivity contribution in [3.63, 3.8) is 0 Å². The van der Waals surface area contributed by atoms with E-state index < -0.39 is 0 Å². The van der Waals surface area contributed by atoms with E-state index in [2.05, 4.69) is 0 Å². The average molecular weight is 112 g/mol. The Morgan fingerprint density at radius 2 is 2.38 bits per heavy atom. The van der Waals surface area contributed by atoms with Gasteiger partial charge in [-0.05, 0) is 19.8 Å². The molecule has 0 radical (unpaired) electrons. The van der Waals surface area contributed by atoms with Gasteiger partial charge >= 0.3 is 0 Å². The van der Waals surface area contributed by atoms with Crippen molar-refractivity contribution in [2.45, 2.75) is 31.5 Å². The number of rotatable bonds is 1. The first-order valence-corrected chi connectivity index (χ1v) is 2.93. The van der Waals surface area contributed by atoms with Crippen molar-refractivity contribution in [2.24, 2.45) is 0 Å². The maximum Gasteiger partial charge on any atom is 0.161 e. The van der Waals surface area contributed by atoms with E-state index in [1.165, 1.54) is 0 Å². The predicted molar refractivity (Wildman–Crippen MR) is 27.5 cm³/mol. The number of epoxide rings is 1. The molecule has 1 saturated heterocycles. The lowest BCUT2D eigenvalue weighted by molar-refractivity contribution is -0.118. The lowest BCUT2D eigenvalue weighted by Crippen LogP contribution is -2.03. The molecule has 8 heavy (non-hydrogen) atoms. The molecule has 0 aromatic rings. The standard InChI is InChI=1S/C6H8O2/c1-4(7)5-6(8-5)2-3-6/h5H,2-3H2,1H3. The first-order chi connectivity index (χ1) is 3.75. The normalized spacial score (nSPS) is 37.4. The summed E-state index contributed by atoms with van der Waals surface area (Å²) < 4.78 is 5.13. The predicted octanol–water partition coefficient (Wildman–Crippen LogP) is 0.507. The minimum absolute atomic E-state index is 0.0116. The van der Waals surface area contributed by atoms with Crippen molar-refractivity contribution in [3.8, 4) is 0 Å². The van der Waals surface area contributed by atoms with Gasteiger partial charge in [0.25, 0.3) is 0 Å². The molecule has 1 aliphatic heterocycles. The quantitative estimate of drug-likeness (QED) is 0.462. The summed E-state index contributed by atoms with van der Waals surface area (Å²) in [6.45, 7) is 1.59. The zero-order valence-corrected chi connectivity index (χ0v) is 4.81. The molecule has 2 nitrogen and oxygen atoms in total. The van der Waals surface area contributed by atoms with Gasteiger partial charge in [0.05, 0.1) is 0 Å². The highest BCUT2D eigenvalue weighted by Crippen LogP contribution is 2.57. The van der Waals surface area contributed by atoms with Crippen molar-refractivity contribution in [2.75, 3.05) is 0 Å². The summed E-state index contributed by atoms with van der Waals surface area (Å²) >= 11 is 0. The van der Waals surface area contributed by atoms with Crippen LogP contribution >= 0.6 is 0 Å². The minimum Gasteiger partial charge on any atom is -0.358 e. The lowest BCUT2D eigenvalue weighted by atomic mass is 10.2. The van der Waals surface area contributed by atoms with Crippen LogP contribution < -0.4 is 0 Å². The zero-order chi connectivity index (χ0) is 5.78. The van der Waals surface area contributed by atoms with E-state index in [9.17, 15) is 4.79 Å². The minimum atomic E-state index is -0.0116. The van der Waals surface area contributed by atoms with Crippen LogP contribution in [0.15, 0.2) is 0 Å². The molecule has 1 saturated carbocycles. The Balaban J connectivity index is 2.06. The number of ether oxygens (including phenoxy) is 1. The Hall–Kier alpha value is -0.370. The van der Waals surface area contributed by atoms with Gasteiger partial charge in [-0.1, -0.05) is 0 Å². The highest BCUT2D eigenvalue weighted by molar-refractivity contribution is 5.85. The van der Waals surface area contributed by atoms with Gasteiger partial charge in [-0.25, -0.2) is 0 Å². The van der Waals surface area contributed by atoms with Crippen LogP contribution in [0.3, 0.4) is 0 Å². The van der Waals surface area contributed by atoms with Crippen LogP contribution in [0.4, 0.5) is 0 Å². The topological polar surface area (TPSA) is 29.6 Å². The van der Waals surface area contributed by atoms with Crippen molar-refractivity contribution in [3.05, 3.63) is 0 Å². The molecular formula is C6H8O2. The summed E-state index contributed by atoms with van der Waals surface area (Å²) in [6, 6.07) is 0. The van der Waals surface area contributed by atoms with Crippen molar-refractivity contribution in [1.82, 2.24) is 0 Å². The van der Waals surface area contributed by atoms with Crippen LogP contribution in [-0.4, -0.2) is 17.5 Å². The van der Waals surface area contributed by atoms with Crippen LogP contribution in [0.1, 0.15) is 19.8 Å². The first kappa shape index (κ1) is 4.50. The fourth-order valence-electron chi connectivity index (χ4n) is 1.16. The molecule has 2 heteroatoms. The van der Waals surface area contributed by atoms with Crippen LogP contribution in [-0.2, 0) is 9.53 Å². The van der Waals surface area contributed by atoms with E-state index in [0.717, 1.165) is 12.8 Å². The van der Waals surface area contributed by atoms with Gasteiger partial charge in [0.2, 0.25) is 0 Å². The smallest absolute Gasteiger partial charge is 0.161 e. The Morgan fingerprint density at radius 3 is 2.50 bits per heavy atom. The molecule has 0 amide bonds. The lowest BCUT2D eigenvalue weighted by Gasteiger charge is -1.76. The SMILES string of the molecule is CC(=O)C1OC12CC2. The molecule has 0 bridgehead atoms. The van der Waals surface area contributed by atoms with Crippen LogP contribution in [0.25, 0.3) is 0 Å². The summed E-state index contributed by atoms with van der Waals surface area (Å²) in [5.74, 6) is 0.197. The van der Waals surface area contributed by atoms with Crippen LogP contribution in [0.5, 0.6) is 0 Å². The second-order valence-corrected chi connectivity index (χ2v) is 2.67. The average Bonchev–Trinajstić information content (AvgIpc) is 2.50. The van der Waals surface area contributed by atoms with E-state index >= 15 is 0 Å². The number of ketones is 1. The largest absolute Gasteiger partial charge is 0.358 e. The molecular weight excluding hydrogens is 104 g/mol. The maximum atomic E-state index is 10.5. The Kier molecular flexibility index (Phi) is 0.553. The van der Waals surface area contributed by atoms with Crippen LogP contribution in [0.2, 0.25) is 0 Å². The third-order valence-electron chi connectivity index (χ3n) is 1.89. The molecule has 2 aliphatic rings. The molecule has 1 unspecified atom stereocenters. The summed E-state index contributed by atoms with van der Waals surface area (Å²) in [6.07, 6.45) is 2.21. The van der Waals surface area contributed by atoms with Gasteiger partial charge < -0.3 is 4.74 Å². The molecule has 1 atom stereocenters. The first-order valence-electron chi connectivity index (χ1n) is 2.93. The number of Topliss-reactive ketones (excluding diaryl/α,β-unsaturated/α-hetero) is 1. The van der Waals surface area contributed by atoms with Gasteiger partial charge in [0.15, 0.2) is 5.78 Å². The van der Waals surface area contributed by atoms with Gasteiger partial charge in [0, 0.05) is 0 Å². The van der Waals surface area contributed by atoms with Crippen molar-refractivity contribution < 1.29 is 9.53 Å². The second-order valence-electron chi connectivity index (χ2n) is 2.67. The molecule has 0 aromatic carbocycles. The molecule has 0 N–H and O–H groups in total. The highest BCUT2D eigenvalue weighted by atomic mass is 16.6. The fraction of sp³-hybridized carbons (Fsp3) is 0.833. The van der Waals surface area contributed by atoms with E-state index in [4.69, 9.17) is 4.74 Å². The van der Waals surface area contributed by atoms with E-state index in [0.29, 0.717) is 0 Å². The Bertz CT molecular complexity index is 147. The van der Waals surface area contributed by atoms with Gasteiger partial charge in [-0.3, -0.25) is 4.79 Å². The molecule has 1 heterocycles. The summed E-state index contributed by atoms with van der Waals surface area (Å²) in [4.78, 5) is 10.5. The van der Waals surface area contributed by atoms with Crippen LogP contribution in [0, 0.1) is 0 Å². The van der Waals surface area contributed by atoms with Gasteiger partial charge in [-0.15, -0.1) is 0 Å². The highest BCUT2D eigenvalue weighted by Gasteiger charge is 2.67. The number of carbonyl (C=O) groups excluding carboxylic acids is 1. The number of carbonyl (C=O) groups is 1. The third-order valence-corrected chi connectivity index (χ3v) is 1.89. The molecule has 0 aromatic heterocycles. The van der Waals surface area contributed by atoms with E-state index in [1.807, 2.05) is 0 Å². The second kappa shape index (κ2) is 0.982.